The number of benzene rings is 1. The zero-order chi connectivity index (χ0) is 17.0. The van der Waals surface area contributed by atoms with Gasteiger partial charge in [-0.05, 0) is 24.3 Å². The molecule has 1 aliphatic rings. The maximum absolute atomic E-state index is 11.6. The Morgan fingerprint density at radius 1 is 1.13 bits per heavy atom. The van der Waals surface area contributed by atoms with Crippen LogP contribution in [0.25, 0.3) is 0 Å². The minimum absolute atomic E-state index is 0.0348. The average Bonchev–Trinajstić information content (AvgIpc) is 2.56. The summed E-state index contributed by atoms with van der Waals surface area (Å²) in [6, 6.07) is 6.07. The van der Waals surface area contributed by atoms with Gasteiger partial charge < -0.3 is 34.6 Å². The molecule has 2 rings (SSSR count). The first-order valence-corrected chi connectivity index (χ1v) is 7.07. The predicted molar refractivity (Wildman–Crippen MR) is 77.0 cm³/mol. The predicted octanol–water partition coefficient (Wildman–Crippen LogP) is -1.31. The Hall–Kier alpha value is -1.55. The fraction of sp³-hybridized carbons (Fsp3) is 0.533. The van der Waals surface area contributed by atoms with E-state index in [9.17, 15) is 20.1 Å². The molecule has 0 spiro atoms. The van der Waals surface area contributed by atoms with Crippen LogP contribution in [-0.2, 0) is 9.47 Å². The van der Waals surface area contributed by atoms with Gasteiger partial charge in [0.15, 0.2) is 5.78 Å². The highest BCUT2D eigenvalue weighted by atomic mass is 16.7. The molecule has 1 aliphatic heterocycles. The van der Waals surface area contributed by atoms with Gasteiger partial charge in [0, 0.05) is 12.7 Å². The van der Waals surface area contributed by atoms with Crippen LogP contribution < -0.4 is 4.74 Å². The van der Waals surface area contributed by atoms with Crippen molar-refractivity contribution in [3.05, 3.63) is 29.8 Å². The summed E-state index contributed by atoms with van der Waals surface area (Å²) in [7, 11) is 1.43. The van der Waals surface area contributed by atoms with Gasteiger partial charge in [-0.2, -0.15) is 0 Å². The van der Waals surface area contributed by atoms with Crippen LogP contribution in [0.3, 0.4) is 0 Å². The monoisotopic (exact) mass is 328 g/mol. The number of hydrogen-bond donors (Lipinski definition) is 4. The van der Waals surface area contributed by atoms with E-state index < -0.39 is 37.3 Å². The summed E-state index contributed by atoms with van der Waals surface area (Å²) in [4.78, 5) is 11.6. The molecular formula is C15H20O8. The van der Waals surface area contributed by atoms with E-state index in [1.54, 1.807) is 0 Å². The lowest BCUT2D eigenvalue weighted by Gasteiger charge is -2.39. The summed E-state index contributed by atoms with van der Waals surface area (Å²) in [5.74, 6) is 0.107. The molecule has 1 fully saturated rings. The second-order valence-corrected chi connectivity index (χ2v) is 5.20. The normalized spacial score (nSPS) is 30.9. The van der Waals surface area contributed by atoms with Gasteiger partial charge in [0.1, 0.15) is 36.8 Å². The third kappa shape index (κ3) is 4.05. The average molecular weight is 328 g/mol. The molecule has 0 amide bonds. The summed E-state index contributed by atoms with van der Waals surface area (Å²) in [5, 5.41) is 38.4. The highest BCUT2D eigenvalue weighted by Crippen LogP contribution is 2.24. The van der Waals surface area contributed by atoms with Crippen LogP contribution in [0.1, 0.15) is 10.4 Å². The number of aliphatic hydroxyl groups is 4. The molecule has 0 unspecified atom stereocenters. The number of aliphatic hydroxyl groups excluding tert-OH is 4. The summed E-state index contributed by atoms with van der Waals surface area (Å²) in [6.07, 6.45) is -6.73. The number of rotatable bonds is 6. The Morgan fingerprint density at radius 3 is 2.35 bits per heavy atom. The van der Waals surface area contributed by atoms with Crippen LogP contribution in [0.15, 0.2) is 24.3 Å². The van der Waals surface area contributed by atoms with Gasteiger partial charge in [-0.25, -0.2) is 0 Å². The van der Waals surface area contributed by atoms with Gasteiger partial charge in [-0.1, -0.05) is 0 Å². The van der Waals surface area contributed by atoms with Gasteiger partial charge >= 0.3 is 0 Å². The van der Waals surface area contributed by atoms with E-state index in [0.717, 1.165) is 0 Å². The molecule has 8 heteroatoms. The lowest BCUT2D eigenvalue weighted by molar-refractivity contribution is -0.277. The minimum atomic E-state index is -1.51. The van der Waals surface area contributed by atoms with Crippen LogP contribution in [-0.4, -0.2) is 77.2 Å². The number of Topliss-reactive ketones (excluding diaryl/α,β-unsaturated/α-hetero) is 1. The van der Waals surface area contributed by atoms with Crippen molar-refractivity contribution in [1.82, 2.24) is 0 Å². The van der Waals surface area contributed by atoms with E-state index in [1.165, 1.54) is 31.4 Å². The van der Waals surface area contributed by atoms with Crippen LogP contribution in [0, 0.1) is 0 Å². The first kappa shape index (κ1) is 17.8. The van der Waals surface area contributed by atoms with Crippen molar-refractivity contribution >= 4 is 5.78 Å². The van der Waals surface area contributed by atoms with Gasteiger partial charge in [-0.3, -0.25) is 4.79 Å². The number of hydrogen-bond acceptors (Lipinski definition) is 8. The van der Waals surface area contributed by atoms with Crippen molar-refractivity contribution in [3.8, 4) is 5.75 Å². The van der Waals surface area contributed by atoms with E-state index in [2.05, 4.69) is 0 Å². The van der Waals surface area contributed by atoms with Crippen molar-refractivity contribution in [2.24, 2.45) is 0 Å². The molecule has 5 atom stereocenters. The van der Waals surface area contributed by atoms with Crippen molar-refractivity contribution in [1.29, 1.82) is 0 Å². The second kappa shape index (κ2) is 7.82. The Morgan fingerprint density at radius 2 is 1.78 bits per heavy atom. The molecule has 1 saturated heterocycles. The third-order valence-electron chi connectivity index (χ3n) is 3.55. The highest BCUT2D eigenvalue weighted by Gasteiger charge is 2.44. The molecule has 1 heterocycles. The van der Waals surface area contributed by atoms with E-state index in [4.69, 9.17) is 19.3 Å². The molecule has 4 N–H and O–H groups in total. The molecule has 1 aromatic rings. The zero-order valence-electron chi connectivity index (χ0n) is 12.5. The standard InChI is InChI=1S/C15H20O8/c1-21-7-10(17)8-2-4-9(5-3-8)22-15-14(20)13(19)12(18)11(6-16)23-15/h2-5,11-16,18-20H,6-7H2,1H3/t11-,12-,13+,14-,15-/m1/s1. The Balaban J connectivity index is 2.04. The Kier molecular flexibility index (Phi) is 6.05. The molecular weight excluding hydrogens is 308 g/mol. The molecule has 0 saturated carbocycles. The van der Waals surface area contributed by atoms with E-state index in [-0.39, 0.29) is 12.4 Å². The smallest absolute Gasteiger partial charge is 0.229 e. The van der Waals surface area contributed by atoms with Crippen molar-refractivity contribution in [3.63, 3.8) is 0 Å². The number of carbonyl (C=O) groups excluding carboxylic acids is 1. The fourth-order valence-corrected chi connectivity index (χ4v) is 2.23. The summed E-state index contributed by atoms with van der Waals surface area (Å²) in [6.45, 7) is -0.567. The largest absolute Gasteiger partial charge is 0.462 e. The number of ketones is 1. The Labute approximate surface area is 132 Å². The van der Waals surface area contributed by atoms with Gasteiger partial charge in [0.05, 0.1) is 6.61 Å². The fourth-order valence-electron chi connectivity index (χ4n) is 2.23. The molecule has 0 aromatic heterocycles. The lowest BCUT2D eigenvalue weighted by atomic mass is 9.99. The molecule has 8 nitrogen and oxygen atoms in total. The van der Waals surface area contributed by atoms with Crippen LogP contribution in [0.2, 0.25) is 0 Å². The number of methoxy groups -OCH3 is 1. The first-order chi connectivity index (χ1) is 11.0. The van der Waals surface area contributed by atoms with Gasteiger partial charge in [-0.15, -0.1) is 0 Å². The van der Waals surface area contributed by atoms with Crippen molar-refractivity contribution < 1.29 is 39.4 Å². The molecule has 128 valence electrons. The Bertz CT molecular complexity index is 515. The van der Waals surface area contributed by atoms with Gasteiger partial charge in [0.25, 0.3) is 0 Å². The summed E-state index contributed by atoms with van der Waals surface area (Å²) < 4.78 is 15.4. The van der Waals surface area contributed by atoms with E-state index in [1.807, 2.05) is 0 Å². The maximum atomic E-state index is 11.6. The molecule has 0 radical (unpaired) electrons. The molecule has 1 aromatic carbocycles. The number of ether oxygens (including phenoxy) is 3. The summed E-state index contributed by atoms with van der Waals surface area (Å²) >= 11 is 0. The molecule has 0 bridgehead atoms. The van der Waals surface area contributed by atoms with E-state index in [0.29, 0.717) is 11.3 Å². The highest BCUT2D eigenvalue weighted by molar-refractivity contribution is 5.97. The maximum Gasteiger partial charge on any atom is 0.229 e. The third-order valence-corrected chi connectivity index (χ3v) is 3.55. The molecule has 0 aliphatic carbocycles. The van der Waals surface area contributed by atoms with E-state index >= 15 is 0 Å². The topological polar surface area (TPSA) is 126 Å². The van der Waals surface area contributed by atoms with Crippen LogP contribution >= 0.6 is 0 Å². The summed E-state index contributed by atoms with van der Waals surface area (Å²) in [5.41, 5.74) is 0.438. The lowest BCUT2D eigenvalue weighted by Crippen LogP contribution is -2.60. The second-order valence-electron chi connectivity index (χ2n) is 5.20. The van der Waals surface area contributed by atoms with Crippen molar-refractivity contribution in [2.45, 2.75) is 30.7 Å². The van der Waals surface area contributed by atoms with Crippen LogP contribution in [0.5, 0.6) is 5.75 Å². The van der Waals surface area contributed by atoms with Gasteiger partial charge in [0.2, 0.25) is 6.29 Å². The number of carbonyl (C=O) groups is 1. The quantitative estimate of drug-likeness (QED) is 0.475. The molecule has 23 heavy (non-hydrogen) atoms. The van der Waals surface area contributed by atoms with Crippen LogP contribution in [0.4, 0.5) is 0 Å². The minimum Gasteiger partial charge on any atom is -0.462 e. The van der Waals surface area contributed by atoms with Crippen molar-refractivity contribution in [2.75, 3.05) is 20.3 Å². The first-order valence-electron chi connectivity index (χ1n) is 7.07. The zero-order valence-corrected chi connectivity index (χ0v) is 12.5. The SMILES string of the molecule is COCC(=O)c1ccc(O[C@@H]2O[C@H](CO)[C@@H](O)[C@H](O)[C@H]2O)cc1.